The molecule has 0 aliphatic carbocycles. The SMILES string of the molecule is CCOC(=O)c1c(NC(=S)NC(=O)c2ccccc2)sc2c1C[C@@H](C(C)C)OC2. The average Bonchev–Trinajstić information content (AvgIpc) is 3.05. The van der Waals surface area contributed by atoms with Crippen LogP contribution in [-0.2, 0) is 22.5 Å². The monoisotopic (exact) mass is 432 g/mol. The second kappa shape index (κ2) is 9.47. The molecule has 1 aliphatic rings. The lowest BCUT2D eigenvalue weighted by atomic mass is 9.94. The number of benzene rings is 1. The van der Waals surface area contributed by atoms with Crippen LogP contribution >= 0.6 is 23.6 Å². The van der Waals surface area contributed by atoms with Crippen LogP contribution in [-0.4, -0.2) is 29.7 Å². The molecule has 0 saturated carbocycles. The largest absolute Gasteiger partial charge is 0.462 e. The van der Waals surface area contributed by atoms with Gasteiger partial charge in [0.1, 0.15) is 5.00 Å². The van der Waals surface area contributed by atoms with E-state index in [1.807, 2.05) is 6.07 Å². The van der Waals surface area contributed by atoms with E-state index in [9.17, 15) is 9.59 Å². The fourth-order valence-corrected chi connectivity index (χ4v) is 4.53. The number of rotatable bonds is 5. The van der Waals surface area contributed by atoms with Gasteiger partial charge in [-0.2, -0.15) is 0 Å². The van der Waals surface area contributed by atoms with Crippen molar-refractivity contribution in [2.75, 3.05) is 11.9 Å². The molecule has 0 fully saturated rings. The Hall–Kier alpha value is -2.29. The highest BCUT2D eigenvalue weighted by Gasteiger charge is 2.32. The second-order valence-electron chi connectivity index (χ2n) is 7.00. The maximum atomic E-state index is 12.7. The summed E-state index contributed by atoms with van der Waals surface area (Å²) in [7, 11) is 0. The highest BCUT2D eigenvalue weighted by molar-refractivity contribution is 7.80. The predicted molar refractivity (Wildman–Crippen MR) is 118 cm³/mol. The van der Waals surface area contributed by atoms with Crippen LogP contribution < -0.4 is 10.6 Å². The highest BCUT2D eigenvalue weighted by Crippen LogP contribution is 2.39. The molecule has 1 aromatic carbocycles. The summed E-state index contributed by atoms with van der Waals surface area (Å²) >= 11 is 6.71. The van der Waals surface area contributed by atoms with Crippen molar-refractivity contribution in [3.8, 4) is 0 Å². The minimum atomic E-state index is -0.394. The summed E-state index contributed by atoms with van der Waals surface area (Å²) in [6.07, 6.45) is 0.686. The zero-order valence-electron chi connectivity index (χ0n) is 16.6. The van der Waals surface area contributed by atoms with Crippen molar-refractivity contribution in [3.05, 3.63) is 51.9 Å². The Morgan fingerprint density at radius 2 is 2.03 bits per heavy atom. The van der Waals surface area contributed by atoms with Gasteiger partial charge in [-0.05, 0) is 42.8 Å². The molecule has 6 nitrogen and oxygen atoms in total. The van der Waals surface area contributed by atoms with Crippen molar-refractivity contribution in [2.45, 2.75) is 39.9 Å². The van der Waals surface area contributed by atoms with E-state index in [1.165, 1.54) is 11.3 Å². The van der Waals surface area contributed by atoms with Gasteiger partial charge in [0.25, 0.3) is 5.91 Å². The molecule has 2 N–H and O–H groups in total. The van der Waals surface area contributed by atoms with E-state index in [0.29, 0.717) is 35.1 Å². The molecule has 2 heterocycles. The summed E-state index contributed by atoms with van der Waals surface area (Å²) in [6.45, 7) is 6.69. The molecule has 8 heteroatoms. The van der Waals surface area contributed by atoms with Gasteiger partial charge in [-0.25, -0.2) is 4.79 Å². The van der Waals surface area contributed by atoms with Crippen LogP contribution in [0.3, 0.4) is 0 Å². The van der Waals surface area contributed by atoms with Gasteiger partial charge in [0.15, 0.2) is 5.11 Å². The van der Waals surface area contributed by atoms with E-state index in [0.717, 1.165) is 10.4 Å². The third kappa shape index (κ3) is 5.01. The van der Waals surface area contributed by atoms with Crippen molar-refractivity contribution < 1.29 is 19.1 Å². The first-order valence-electron chi connectivity index (χ1n) is 9.51. The van der Waals surface area contributed by atoms with Crippen LogP contribution in [0.5, 0.6) is 0 Å². The Labute approximate surface area is 179 Å². The number of hydrogen-bond acceptors (Lipinski definition) is 6. The number of thiophene rings is 1. The zero-order chi connectivity index (χ0) is 21.0. The maximum absolute atomic E-state index is 12.7. The predicted octanol–water partition coefficient (Wildman–Crippen LogP) is 4.15. The molecule has 1 amide bonds. The molecule has 154 valence electrons. The summed E-state index contributed by atoms with van der Waals surface area (Å²) in [4.78, 5) is 26.0. The van der Waals surface area contributed by atoms with Crippen LogP contribution in [0, 0.1) is 5.92 Å². The minimum absolute atomic E-state index is 0.0443. The minimum Gasteiger partial charge on any atom is -0.462 e. The van der Waals surface area contributed by atoms with Crippen LogP contribution in [0.15, 0.2) is 30.3 Å². The number of nitrogens with one attached hydrogen (secondary N) is 2. The number of carbonyl (C=O) groups is 2. The fraction of sp³-hybridized carbons (Fsp3) is 0.381. The number of hydrogen-bond donors (Lipinski definition) is 2. The van der Waals surface area contributed by atoms with E-state index in [-0.39, 0.29) is 23.7 Å². The van der Waals surface area contributed by atoms with Gasteiger partial charge >= 0.3 is 5.97 Å². The molecule has 1 aromatic heterocycles. The lowest BCUT2D eigenvalue weighted by Gasteiger charge is -2.26. The number of thiocarbonyl (C=S) groups is 1. The number of ether oxygens (including phenoxy) is 2. The molecule has 0 saturated heterocycles. The zero-order valence-corrected chi connectivity index (χ0v) is 18.2. The lowest BCUT2D eigenvalue weighted by molar-refractivity contribution is 0.00124. The molecular weight excluding hydrogens is 408 g/mol. The molecule has 0 radical (unpaired) electrons. The Bertz CT molecular complexity index is 909. The Morgan fingerprint density at radius 1 is 1.31 bits per heavy atom. The van der Waals surface area contributed by atoms with Gasteiger partial charge in [0.05, 0.1) is 24.9 Å². The molecule has 29 heavy (non-hydrogen) atoms. The number of anilines is 1. The van der Waals surface area contributed by atoms with Crippen molar-refractivity contribution in [3.63, 3.8) is 0 Å². The topological polar surface area (TPSA) is 76.7 Å². The first kappa shape index (κ1) is 21.4. The van der Waals surface area contributed by atoms with E-state index in [2.05, 4.69) is 24.5 Å². The Balaban J connectivity index is 1.82. The van der Waals surface area contributed by atoms with Gasteiger partial charge in [-0.15, -0.1) is 11.3 Å². The smallest absolute Gasteiger partial charge is 0.341 e. The Kier molecular flexibility index (Phi) is 7.00. The van der Waals surface area contributed by atoms with Crippen LogP contribution in [0.4, 0.5) is 5.00 Å². The van der Waals surface area contributed by atoms with Gasteiger partial charge < -0.3 is 14.8 Å². The first-order valence-corrected chi connectivity index (χ1v) is 10.7. The fourth-order valence-electron chi connectivity index (χ4n) is 3.12. The molecule has 3 rings (SSSR count). The van der Waals surface area contributed by atoms with Crippen LogP contribution in [0.2, 0.25) is 0 Å². The van der Waals surface area contributed by atoms with Crippen molar-refractivity contribution >= 4 is 45.5 Å². The van der Waals surface area contributed by atoms with Gasteiger partial charge in [-0.1, -0.05) is 32.0 Å². The summed E-state index contributed by atoms with van der Waals surface area (Å²) in [6, 6.07) is 8.80. The normalized spacial score (nSPS) is 15.5. The number of esters is 1. The van der Waals surface area contributed by atoms with Crippen LogP contribution in [0.25, 0.3) is 0 Å². The lowest BCUT2D eigenvalue weighted by Crippen LogP contribution is -2.34. The maximum Gasteiger partial charge on any atom is 0.341 e. The molecule has 2 aromatic rings. The number of fused-ring (bicyclic) bond motifs is 1. The van der Waals surface area contributed by atoms with E-state index in [4.69, 9.17) is 21.7 Å². The van der Waals surface area contributed by atoms with Gasteiger partial charge in [-0.3, -0.25) is 10.1 Å². The third-order valence-corrected chi connectivity index (χ3v) is 5.96. The quantitative estimate of drug-likeness (QED) is 0.546. The summed E-state index contributed by atoms with van der Waals surface area (Å²) < 4.78 is 11.2. The summed E-state index contributed by atoms with van der Waals surface area (Å²) in [5, 5.41) is 6.37. The average molecular weight is 433 g/mol. The second-order valence-corrected chi connectivity index (χ2v) is 8.51. The van der Waals surface area contributed by atoms with Crippen LogP contribution in [0.1, 0.15) is 51.9 Å². The van der Waals surface area contributed by atoms with Gasteiger partial charge in [0.2, 0.25) is 0 Å². The summed E-state index contributed by atoms with van der Waals surface area (Å²) in [5.74, 6) is -0.375. The standard InChI is InChI=1S/C21H24N2O4S2/c1-4-26-20(25)17-14-10-15(12(2)3)27-11-16(14)29-19(17)23-21(28)22-18(24)13-8-6-5-7-9-13/h5-9,12,15H,4,10-11H2,1-3H3,(H2,22,23,24,28)/t15-/m0/s1. The number of carbonyl (C=O) groups excluding carboxylic acids is 2. The molecular formula is C21H24N2O4S2. The van der Waals surface area contributed by atoms with E-state index >= 15 is 0 Å². The number of amides is 1. The highest BCUT2D eigenvalue weighted by atomic mass is 32.1. The molecule has 1 atom stereocenters. The van der Waals surface area contributed by atoms with Crippen molar-refractivity contribution in [2.24, 2.45) is 5.92 Å². The first-order chi connectivity index (χ1) is 13.9. The van der Waals surface area contributed by atoms with E-state index in [1.54, 1.807) is 31.2 Å². The summed E-state index contributed by atoms with van der Waals surface area (Å²) in [5.41, 5.74) is 1.93. The molecule has 0 unspecified atom stereocenters. The van der Waals surface area contributed by atoms with Crippen molar-refractivity contribution in [1.82, 2.24) is 5.32 Å². The molecule has 0 bridgehead atoms. The molecule has 1 aliphatic heterocycles. The van der Waals surface area contributed by atoms with Crippen molar-refractivity contribution in [1.29, 1.82) is 0 Å². The third-order valence-electron chi connectivity index (χ3n) is 4.64. The van der Waals surface area contributed by atoms with Gasteiger partial charge in [0, 0.05) is 16.9 Å². The van der Waals surface area contributed by atoms with E-state index < -0.39 is 5.97 Å². The molecule has 0 spiro atoms. The Morgan fingerprint density at radius 3 is 2.69 bits per heavy atom.